The minimum Gasteiger partial charge on any atom is -0.368 e. The van der Waals surface area contributed by atoms with Gasteiger partial charge in [0, 0.05) is 38.8 Å². The molecular formula is C15H28N4O. The molecular weight excluding hydrogens is 252 g/mol. The van der Waals surface area contributed by atoms with E-state index in [0.717, 1.165) is 45.1 Å². The highest BCUT2D eigenvalue weighted by Gasteiger charge is 2.48. The summed E-state index contributed by atoms with van der Waals surface area (Å²) in [6.45, 7) is 4.92. The Labute approximate surface area is 121 Å². The molecule has 0 aromatic heterocycles. The lowest BCUT2D eigenvalue weighted by atomic mass is 9.92. The third-order valence-electron chi connectivity index (χ3n) is 5.50. The second-order valence-electron chi connectivity index (χ2n) is 6.93. The highest BCUT2D eigenvalue weighted by Crippen LogP contribution is 2.38. The second kappa shape index (κ2) is 5.62. The number of primary amides is 1. The molecule has 20 heavy (non-hydrogen) atoms. The molecule has 1 saturated heterocycles. The quantitative estimate of drug-likeness (QED) is 0.751. The Balaban J connectivity index is 1.51. The predicted molar refractivity (Wildman–Crippen MR) is 79.1 cm³/mol. The number of hydrogen-bond acceptors (Lipinski definition) is 4. The average molecular weight is 280 g/mol. The molecule has 0 aromatic rings. The lowest BCUT2D eigenvalue weighted by Gasteiger charge is -2.41. The van der Waals surface area contributed by atoms with Crippen LogP contribution in [0.15, 0.2) is 0 Å². The first-order valence-corrected chi connectivity index (χ1v) is 8.15. The molecule has 0 spiro atoms. The van der Waals surface area contributed by atoms with Crippen LogP contribution in [0.4, 0.5) is 0 Å². The van der Waals surface area contributed by atoms with E-state index < -0.39 is 5.54 Å². The Bertz CT molecular complexity index is 357. The first-order chi connectivity index (χ1) is 9.59. The number of piperazine rings is 1. The second-order valence-corrected chi connectivity index (χ2v) is 6.93. The van der Waals surface area contributed by atoms with Crippen molar-refractivity contribution in [2.75, 3.05) is 32.7 Å². The summed E-state index contributed by atoms with van der Waals surface area (Å²) in [4.78, 5) is 16.7. The standard InChI is InChI=1S/C15H28N4O/c16-14(20)15(17,12-5-6-12)11-18-7-9-19(10-8-18)13-3-1-2-4-13/h12-13H,1-11,17H2,(H2,16,20). The maximum absolute atomic E-state index is 11.7. The van der Waals surface area contributed by atoms with E-state index in [9.17, 15) is 4.79 Å². The van der Waals surface area contributed by atoms with Crippen molar-refractivity contribution in [3.05, 3.63) is 0 Å². The van der Waals surface area contributed by atoms with Crippen LogP contribution in [-0.2, 0) is 4.79 Å². The third kappa shape index (κ3) is 2.85. The molecule has 3 fully saturated rings. The van der Waals surface area contributed by atoms with Gasteiger partial charge >= 0.3 is 0 Å². The van der Waals surface area contributed by atoms with Crippen molar-refractivity contribution in [2.24, 2.45) is 17.4 Å². The molecule has 3 aliphatic rings. The van der Waals surface area contributed by atoms with E-state index in [-0.39, 0.29) is 5.91 Å². The van der Waals surface area contributed by atoms with Crippen LogP contribution in [-0.4, -0.2) is 60.0 Å². The van der Waals surface area contributed by atoms with Crippen molar-refractivity contribution in [3.8, 4) is 0 Å². The van der Waals surface area contributed by atoms with Gasteiger partial charge < -0.3 is 11.5 Å². The molecule has 1 heterocycles. The zero-order valence-electron chi connectivity index (χ0n) is 12.4. The van der Waals surface area contributed by atoms with Crippen molar-refractivity contribution in [3.63, 3.8) is 0 Å². The fourth-order valence-electron chi connectivity index (χ4n) is 3.93. The molecule has 1 atom stereocenters. The summed E-state index contributed by atoms with van der Waals surface area (Å²) in [7, 11) is 0. The minimum atomic E-state index is -0.796. The van der Waals surface area contributed by atoms with Gasteiger partial charge in [0.25, 0.3) is 0 Å². The number of amides is 1. The number of nitrogens with zero attached hydrogens (tertiary/aromatic N) is 2. The Kier molecular flexibility index (Phi) is 4.02. The van der Waals surface area contributed by atoms with Gasteiger partial charge in [-0.05, 0) is 31.6 Å². The topological polar surface area (TPSA) is 75.6 Å². The van der Waals surface area contributed by atoms with Gasteiger partial charge in [-0.25, -0.2) is 0 Å². The fourth-order valence-corrected chi connectivity index (χ4v) is 3.93. The van der Waals surface area contributed by atoms with E-state index in [4.69, 9.17) is 11.5 Å². The van der Waals surface area contributed by atoms with Gasteiger partial charge in [0.15, 0.2) is 0 Å². The van der Waals surface area contributed by atoms with E-state index in [1.54, 1.807) is 0 Å². The Hall–Kier alpha value is -0.650. The molecule has 3 rings (SSSR count). The molecule has 5 nitrogen and oxygen atoms in total. The molecule has 2 aliphatic carbocycles. The summed E-state index contributed by atoms with van der Waals surface area (Å²) in [6.07, 6.45) is 7.62. The number of rotatable bonds is 5. The van der Waals surface area contributed by atoms with Crippen LogP contribution in [0.5, 0.6) is 0 Å². The van der Waals surface area contributed by atoms with E-state index in [0.29, 0.717) is 12.5 Å². The van der Waals surface area contributed by atoms with Gasteiger partial charge in [-0.1, -0.05) is 12.8 Å². The third-order valence-corrected chi connectivity index (χ3v) is 5.50. The smallest absolute Gasteiger partial charge is 0.239 e. The van der Waals surface area contributed by atoms with Crippen LogP contribution in [0, 0.1) is 5.92 Å². The van der Waals surface area contributed by atoms with Crippen LogP contribution in [0.1, 0.15) is 38.5 Å². The molecule has 0 bridgehead atoms. The fraction of sp³-hybridized carbons (Fsp3) is 0.933. The summed E-state index contributed by atoms with van der Waals surface area (Å²) in [5, 5.41) is 0. The van der Waals surface area contributed by atoms with Crippen molar-refractivity contribution < 1.29 is 4.79 Å². The zero-order valence-corrected chi connectivity index (χ0v) is 12.4. The van der Waals surface area contributed by atoms with Gasteiger partial charge in [0.05, 0.1) is 0 Å². The maximum atomic E-state index is 11.7. The number of carbonyl (C=O) groups excluding carboxylic acids is 1. The lowest BCUT2D eigenvalue weighted by molar-refractivity contribution is -0.124. The molecule has 114 valence electrons. The molecule has 0 radical (unpaired) electrons. The normalized spacial score (nSPS) is 29.4. The van der Waals surface area contributed by atoms with Crippen LogP contribution < -0.4 is 11.5 Å². The summed E-state index contributed by atoms with van der Waals surface area (Å²) in [5.41, 5.74) is 11.1. The Morgan fingerprint density at radius 3 is 2.15 bits per heavy atom. The minimum absolute atomic E-state index is 0.313. The molecule has 1 aliphatic heterocycles. The zero-order chi connectivity index (χ0) is 14.2. The number of hydrogen-bond donors (Lipinski definition) is 2. The van der Waals surface area contributed by atoms with Gasteiger partial charge in [0.1, 0.15) is 5.54 Å². The monoisotopic (exact) mass is 280 g/mol. The highest BCUT2D eigenvalue weighted by molar-refractivity contribution is 5.85. The predicted octanol–water partition coefficient (Wildman–Crippen LogP) is 0.139. The van der Waals surface area contributed by atoms with Crippen LogP contribution in [0.2, 0.25) is 0 Å². The van der Waals surface area contributed by atoms with Crippen LogP contribution >= 0.6 is 0 Å². The molecule has 1 amide bonds. The van der Waals surface area contributed by atoms with Gasteiger partial charge in [-0.15, -0.1) is 0 Å². The first kappa shape index (κ1) is 14.3. The highest BCUT2D eigenvalue weighted by atomic mass is 16.1. The van der Waals surface area contributed by atoms with Gasteiger partial charge in [-0.2, -0.15) is 0 Å². The number of carbonyl (C=O) groups is 1. The molecule has 4 N–H and O–H groups in total. The summed E-state index contributed by atoms with van der Waals surface area (Å²) in [5.74, 6) is -0.00826. The number of nitrogens with two attached hydrogens (primary N) is 2. The van der Waals surface area contributed by atoms with Crippen LogP contribution in [0.25, 0.3) is 0 Å². The largest absolute Gasteiger partial charge is 0.368 e. The van der Waals surface area contributed by atoms with Crippen LogP contribution in [0.3, 0.4) is 0 Å². The van der Waals surface area contributed by atoms with Crippen molar-refractivity contribution in [1.29, 1.82) is 0 Å². The molecule has 0 aromatic carbocycles. The van der Waals surface area contributed by atoms with Gasteiger partial charge in [-0.3, -0.25) is 14.6 Å². The molecule has 1 unspecified atom stereocenters. The summed E-state index contributed by atoms with van der Waals surface area (Å²) in [6, 6.07) is 0.805. The van der Waals surface area contributed by atoms with E-state index in [1.165, 1.54) is 25.7 Å². The Morgan fingerprint density at radius 2 is 1.65 bits per heavy atom. The molecule has 2 saturated carbocycles. The molecule has 5 heteroatoms. The average Bonchev–Trinajstić information content (AvgIpc) is 3.16. The van der Waals surface area contributed by atoms with E-state index >= 15 is 0 Å². The Morgan fingerprint density at radius 1 is 1.05 bits per heavy atom. The van der Waals surface area contributed by atoms with E-state index in [1.807, 2.05) is 0 Å². The van der Waals surface area contributed by atoms with Gasteiger partial charge in [0.2, 0.25) is 5.91 Å². The lowest BCUT2D eigenvalue weighted by Crippen LogP contribution is -2.63. The summed E-state index contributed by atoms with van der Waals surface area (Å²) >= 11 is 0. The maximum Gasteiger partial charge on any atom is 0.239 e. The van der Waals surface area contributed by atoms with Crippen molar-refractivity contribution in [2.45, 2.75) is 50.1 Å². The summed E-state index contributed by atoms with van der Waals surface area (Å²) < 4.78 is 0. The van der Waals surface area contributed by atoms with E-state index in [2.05, 4.69) is 9.80 Å². The van der Waals surface area contributed by atoms with Crippen molar-refractivity contribution >= 4 is 5.91 Å². The van der Waals surface area contributed by atoms with Crippen molar-refractivity contribution in [1.82, 2.24) is 9.80 Å². The first-order valence-electron chi connectivity index (χ1n) is 8.15. The SMILES string of the molecule is NC(=O)C(N)(CN1CCN(C2CCCC2)CC1)C1CC1.